The van der Waals surface area contributed by atoms with Crippen molar-refractivity contribution in [2.45, 2.75) is 45.4 Å². The van der Waals surface area contributed by atoms with Gasteiger partial charge in [0.1, 0.15) is 5.69 Å². The fraction of sp³-hybridized carbons (Fsp3) is 0.324. The number of rotatable bonds is 11. The van der Waals surface area contributed by atoms with E-state index in [1.54, 1.807) is 19.5 Å². The van der Waals surface area contributed by atoms with Gasteiger partial charge in [0, 0.05) is 80.0 Å². The second kappa shape index (κ2) is 13.9. The van der Waals surface area contributed by atoms with Crippen molar-refractivity contribution in [1.82, 2.24) is 30.5 Å². The number of pyridine rings is 3. The summed E-state index contributed by atoms with van der Waals surface area (Å²) in [5, 5.41) is 19.0. The SMILES string of the molecule is COc1nc(-c2ccnc(-c3cccc(NC(=O)c4cc5c(cn4)CN(CCO)C5)c3C)c2Cl)ccc1CNC[C@H]1CCC(=O)N1. The predicted molar refractivity (Wildman–Crippen MR) is 175 cm³/mol. The Morgan fingerprint density at radius 2 is 2.00 bits per heavy atom. The Balaban J connectivity index is 1.19. The number of anilines is 1. The molecule has 2 aliphatic heterocycles. The van der Waals surface area contributed by atoms with Gasteiger partial charge >= 0.3 is 0 Å². The second-order valence-corrected chi connectivity index (χ2v) is 11.9. The number of aliphatic hydroxyl groups is 1. The number of aliphatic hydroxyl groups excluding tert-OH is 1. The predicted octanol–water partition coefficient (Wildman–Crippen LogP) is 4.10. The third-order valence-corrected chi connectivity index (χ3v) is 8.83. The van der Waals surface area contributed by atoms with Crippen LogP contribution in [0, 0.1) is 6.92 Å². The normalized spacial score (nSPS) is 15.9. The topological polar surface area (TPSA) is 142 Å². The molecule has 0 radical (unpaired) electrons. The minimum Gasteiger partial charge on any atom is -0.481 e. The Morgan fingerprint density at radius 3 is 2.78 bits per heavy atom. The van der Waals surface area contributed by atoms with Crippen LogP contribution in [0.3, 0.4) is 0 Å². The van der Waals surface area contributed by atoms with Crippen molar-refractivity contribution in [1.29, 1.82) is 0 Å². The van der Waals surface area contributed by atoms with Gasteiger partial charge in [-0.25, -0.2) is 4.98 Å². The first-order valence-electron chi connectivity index (χ1n) is 15.3. The van der Waals surface area contributed by atoms with Crippen molar-refractivity contribution in [2.75, 3.05) is 32.1 Å². The van der Waals surface area contributed by atoms with E-state index in [1.165, 1.54) is 0 Å². The molecule has 0 unspecified atom stereocenters. The molecule has 46 heavy (non-hydrogen) atoms. The molecule has 5 heterocycles. The van der Waals surface area contributed by atoms with E-state index in [2.05, 4.69) is 30.8 Å². The fourth-order valence-electron chi connectivity index (χ4n) is 5.96. The first-order chi connectivity index (χ1) is 22.3. The summed E-state index contributed by atoms with van der Waals surface area (Å²) in [7, 11) is 1.58. The summed E-state index contributed by atoms with van der Waals surface area (Å²) in [5.41, 5.74) is 7.45. The Bertz CT molecular complexity index is 1780. The number of nitrogens with zero attached hydrogens (tertiary/aromatic N) is 4. The number of hydrogen-bond acceptors (Lipinski definition) is 9. The maximum absolute atomic E-state index is 13.3. The van der Waals surface area contributed by atoms with Crippen LogP contribution in [-0.4, -0.2) is 69.6 Å². The lowest BCUT2D eigenvalue weighted by Gasteiger charge is -2.16. The molecule has 2 aliphatic rings. The second-order valence-electron chi connectivity index (χ2n) is 11.5. The monoisotopic (exact) mass is 641 g/mol. The molecule has 4 N–H and O–H groups in total. The molecule has 0 aliphatic carbocycles. The minimum absolute atomic E-state index is 0.0882. The maximum atomic E-state index is 13.3. The van der Waals surface area contributed by atoms with Gasteiger partial charge in [-0.3, -0.25) is 24.5 Å². The highest BCUT2D eigenvalue weighted by molar-refractivity contribution is 6.35. The highest BCUT2D eigenvalue weighted by Crippen LogP contribution is 2.38. The number of hydrogen-bond donors (Lipinski definition) is 4. The van der Waals surface area contributed by atoms with E-state index in [1.807, 2.05) is 49.4 Å². The molecular weight excluding hydrogens is 606 g/mol. The molecule has 1 saturated heterocycles. The summed E-state index contributed by atoms with van der Waals surface area (Å²) in [6.45, 7) is 5.18. The molecule has 0 spiro atoms. The number of aromatic nitrogens is 3. The standard InChI is InChI=1S/C34H36ClN7O4/c1-20-25(4-3-5-27(20)40-33(45)29-14-22-18-42(12-13-43)19-23(22)16-38-29)32-31(35)26(10-11-37-32)28-8-6-21(34(41-28)46-2)15-36-17-24-7-9-30(44)39-24/h3-6,8,10-11,14,16,24,36,43H,7,9,12-13,15,17-19H2,1-2H3,(H,39,44)(H,40,45)/t24-/m1/s1. The quantitative estimate of drug-likeness (QED) is 0.190. The lowest BCUT2D eigenvalue weighted by atomic mass is 10.0. The average molecular weight is 642 g/mol. The molecule has 1 fully saturated rings. The van der Waals surface area contributed by atoms with Gasteiger partial charge in [-0.2, -0.15) is 0 Å². The van der Waals surface area contributed by atoms with Gasteiger partial charge in [-0.15, -0.1) is 0 Å². The molecular formula is C34H36ClN7O4. The van der Waals surface area contributed by atoms with E-state index in [0.717, 1.165) is 34.2 Å². The molecule has 12 heteroatoms. The zero-order chi connectivity index (χ0) is 32.2. The first-order valence-corrected chi connectivity index (χ1v) is 15.6. The van der Waals surface area contributed by atoms with Gasteiger partial charge in [0.25, 0.3) is 5.91 Å². The van der Waals surface area contributed by atoms with Crippen molar-refractivity contribution < 1.29 is 19.4 Å². The van der Waals surface area contributed by atoms with Crippen molar-refractivity contribution in [3.05, 3.63) is 87.8 Å². The van der Waals surface area contributed by atoms with E-state index >= 15 is 0 Å². The maximum Gasteiger partial charge on any atom is 0.274 e. The largest absolute Gasteiger partial charge is 0.481 e. The zero-order valence-electron chi connectivity index (χ0n) is 25.8. The summed E-state index contributed by atoms with van der Waals surface area (Å²) in [4.78, 5) is 40.6. The van der Waals surface area contributed by atoms with Gasteiger partial charge in [0.2, 0.25) is 11.8 Å². The number of carbonyl (C=O) groups excluding carboxylic acids is 2. The molecule has 11 nitrogen and oxygen atoms in total. The van der Waals surface area contributed by atoms with Crippen molar-refractivity contribution in [2.24, 2.45) is 0 Å². The van der Waals surface area contributed by atoms with E-state index in [-0.39, 0.29) is 24.5 Å². The molecule has 0 bridgehead atoms. The van der Waals surface area contributed by atoms with Gasteiger partial charge in [-0.05, 0) is 54.3 Å². The van der Waals surface area contributed by atoms with Gasteiger partial charge < -0.3 is 25.8 Å². The molecule has 6 rings (SSSR count). The highest BCUT2D eigenvalue weighted by atomic mass is 35.5. The van der Waals surface area contributed by atoms with Gasteiger partial charge in [0.05, 0.1) is 30.1 Å². The third kappa shape index (κ3) is 6.73. The van der Waals surface area contributed by atoms with Crippen LogP contribution in [0.2, 0.25) is 5.02 Å². The zero-order valence-corrected chi connectivity index (χ0v) is 26.5. The first kappa shape index (κ1) is 31.6. The van der Waals surface area contributed by atoms with E-state index < -0.39 is 0 Å². The minimum atomic E-state index is -0.310. The number of amides is 2. The molecule has 2 amide bonds. The van der Waals surface area contributed by atoms with Crippen molar-refractivity contribution in [3.8, 4) is 28.4 Å². The molecule has 3 aromatic heterocycles. The number of ether oxygens (including phenoxy) is 1. The number of halogens is 1. The van der Waals surface area contributed by atoms with Gasteiger partial charge in [0.15, 0.2) is 0 Å². The Morgan fingerprint density at radius 1 is 1.15 bits per heavy atom. The van der Waals surface area contributed by atoms with E-state index in [4.69, 9.17) is 21.3 Å². The third-order valence-electron chi connectivity index (χ3n) is 8.45. The number of fused-ring (bicyclic) bond motifs is 1. The van der Waals surface area contributed by atoms with Crippen LogP contribution in [0.1, 0.15) is 45.6 Å². The molecule has 0 saturated carbocycles. The molecule has 238 valence electrons. The number of benzene rings is 1. The molecule has 1 atom stereocenters. The fourth-order valence-corrected chi connectivity index (χ4v) is 6.27. The van der Waals surface area contributed by atoms with Crippen LogP contribution in [0.4, 0.5) is 5.69 Å². The Labute approximate surface area is 272 Å². The van der Waals surface area contributed by atoms with Crippen molar-refractivity contribution >= 4 is 29.1 Å². The smallest absolute Gasteiger partial charge is 0.274 e. The van der Waals surface area contributed by atoms with Crippen molar-refractivity contribution in [3.63, 3.8) is 0 Å². The summed E-state index contributed by atoms with van der Waals surface area (Å²) >= 11 is 6.99. The van der Waals surface area contributed by atoms with Crippen LogP contribution in [-0.2, 0) is 24.4 Å². The van der Waals surface area contributed by atoms with E-state index in [9.17, 15) is 14.7 Å². The number of carbonyl (C=O) groups is 2. The Kier molecular flexibility index (Phi) is 9.55. The van der Waals surface area contributed by atoms with Crippen LogP contribution in [0.5, 0.6) is 5.88 Å². The lowest BCUT2D eigenvalue weighted by Crippen LogP contribution is -2.35. The summed E-state index contributed by atoms with van der Waals surface area (Å²) < 4.78 is 5.61. The lowest BCUT2D eigenvalue weighted by molar-refractivity contribution is -0.119. The number of methoxy groups -OCH3 is 1. The highest BCUT2D eigenvalue weighted by Gasteiger charge is 2.23. The van der Waals surface area contributed by atoms with Crippen LogP contribution in [0.25, 0.3) is 22.5 Å². The van der Waals surface area contributed by atoms with Gasteiger partial charge in [-0.1, -0.05) is 29.8 Å². The summed E-state index contributed by atoms with van der Waals surface area (Å²) in [6.07, 6.45) is 4.83. The number of β-amino-alcohol motifs (C(OH)–C–C–N with tert-alkyl or cyclic N) is 1. The van der Waals surface area contributed by atoms with E-state index in [0.29, 0.717) is 78.4 Å². The van der Waals surface area contributed by atoms with Crippen LogP contribution < -0.4 is 20.7 Å². The molecule has 4 aromatic rings. The molecule has 1 aromatic carbocycles. The number of nitrogens with one attached hydrogen (secondary N) is 3. The Hall–Kier alpha value is -4.42. The summed E-state index contributed by atoms with van der Waals surface area (Å²) in [6, 6.07) is 13.2. The average Bonchev–Trinajstić information content (AvgIpc) is 3.67. The van der Waals surface area contributed by atoms with Crippen LogP contribution in [0.15, 0.2) is 54.9 Å². The van der Waals surface area contributed by atoms with Crippen LogP contribution >= 0.6 is 11.6 Å². The summed E-state index contributed by atoms with van der Waals surface area (Å²) in [5.74, 6) is 0.266.